The summed E-state index contributed by atoms with van der Waals surface area (Å²) < 4.78 is 39.3. The molecule has 2 saturated carbocycles. The van der Waals surface area contributed by atoms with Crippen molar-refractivity contribution in [1.29, 1.82) is 0 Å². The lowest BCUT2D eigenvalue weighted by atomic mass is 10.0. The predicted octanol–water partition coefficient (Wildman–Crippen LogP) is 3.28. The van der Waals surface area contributed by atoms with Gasteiger partial charge in [0.05, 0.1) is 10.5 Å². The van der Waals surface area contributed by atoms with E-state index in [1.807, 2.05) is 4.90 Å². The molecule has 0 N–H and O–H groups in total. The van der Waals surface area contributed by atoms with Crippen LogP contribution in [0.4, 0.5) is 4.39 Å². The summed E-state index contributed by atoms with van der Waals surface area (Å²) in [4.78, 5) is 34.1. The fraction of sp³-hybridized carbons (Fsp3) is 0.444. The largest absolute Gasteiger partial charge is 0.342 e. The van der Waals surface area contributed by atoms with Crippen molar-refractivity contribution in [3.63, 3.8) is 0 Å². The van der Waals surface area contributed by atoms with Crippen molar-refractivity contribution in [3.8, 4) is 11.1 Å². The fourth-order valence-electron chi connectivity index (χ4n) is 5.29. The number of likely N-dealkylation sites (tertiary alicyclic amines) is 1. The number of hydrogen-bond acceptors (Lipinski definition) is 5. The molecule has 2 aromatic rings. The number of sulfone groups is 1. The molecule has 2 aromatic carbocycles. The third-order valence-corrected chi connectivity index (χ3v) is 8.82. The van der Waals surface area contributed by atoms with Crippen molar-refractivity contribution in [2.24, 2.45) is 16.8 Å². The molecular formula is C27H28FN3O4S. The van der Waals surface area contributed by atoms with E-state index < -0.39 is 21.2 Å². The van der Waals surface area contributed by atoms with Gasteiger partial charge in [-0.05, 0) is 73.4 Å². The summed E-state index contributed by atoms with van der Waals surface area (Å²) >= 11 is 0. The summed E-state index contributed by atoms with van der Waals surface area (Å²) in [6.07, 6.45) is 5.23. The first-order valence-electron chi connectivity index (χ1n) is 12.5. The van der Waals surface area contributed by atoms with E-state index in [9.17, 15) is 18.0 Å². The van der Waals surface area contributed by atoms with Crippen molar-refractivity contribution in [3.05, 3.63) is 53.8 Å². The van der Waals surface area contributed by atoms with Crippen molar-refractivity contribution in [2.75, 3.05) is 25.9 Å². The zero-order valence-electron chi connectivity index (χ0n) is 20.1. The molecule has 2 aliphatic heterocycles. The third kappa shape index (κ3) is 4.13. The van der Waals surface area contributed by atoms with Gasteiger partial charge in [-0.3, -0.25) is 19.5 Å². The zero-order valence-corrected chi connectivity index (χ0v) is 20.9. The van der Waals surface area contributed by atoms with Gasteiger partial charge in [-0.1, -0.05) is 18.2 Å². The molecule has 6 rings (SSSR count). The molecule has 3 fully saturated rings. The molecule has 7 nitrogen and oxygen atoms in total. The van der Waals surface area contributed by atoms with Crippen LogP contribution in [0, 0.1) is 17.7 Å². The second-order valence-electron chi connectivity index (χ2n) is 10.6. The average Bonchev–Trinajstić information content (AvgIpc) is 3.77. The van der Waals surface area contributed by atoms with Gasteiger partial charge in [0, 0.05) is 31.8 Å². The summed E-state index contributed by atoms with van der Waals surface area (Å²) in [6, 6.07) is 11.1. The minimum absolute atomic E-state index is 0.0752. The summed E-state index contributed by atoms with van der Waals surface area (Å²) in [7, 11) is -3.39. The van der Waals surface area contributed by atoms with E-state index in [1.165, 1.54) is 18.2 Å². The van der Waals surface area contributed by atoms with E-state index in [-0.39, 0.29) is 34.1 Å². The molecule has 36 heavy (non-hydrogen) atoms. The van der Waals surface area contributed by atoms with Crippen LogP contribution in [0.25, 0.3) is 11.1 Å². The van der Waals surface area contributed by atoms with Crippen LogP contribution in [-0.2, 0) is 19.4 Å². The Bertz CT molecular complexity index is 1410. The first-order chi connectivity index (χ1) is 17.1. The quantitative estimate of drug-likeness (QED) is 0.598. The first-order valence-corrected chi connectivity index (χ1v) is 14.3. The van der Waals surface area contributed by atoms with E-state index in [2.05, 4.69) is 0 Å². The number of halogens is 1. The van der Waals surface area contributed by atoms with E-state index in [0.29, 0.717) is 49.4 Å². The van der Waals surface area contributed by atoms with E-state index >= 15 is 4.39 Å². The minimum Gasteiger partial charge on any atom is -0.342 e. The van der Waals surface area contributed by atoms with Gasteiger partial charge in [0.25, 0.3) is 5.91 Å². The van der Waals surface area contributed by atoms with Crippen LogP contribution in [0.15, 0.2) is 52.4 Å². The van der Waals surface area contributed by atoms with Crippen LogP contribution >= 0.6 is 0 Å². The first kappa shape index (κ1) is 23.3. The molecule has 2 aliphatic carbocycles. The predicted molar refractivity (Wildman–Crippen MR) is 133 cm³/mol. The zero-order chi connectivity index (χ0) is 25.2. The lowest BCUT2D eigenvalue weighted by Crippen LogP contribution is -2.41. The van der Waals surface area contributed by atoms with Crippen LogP contribution in [0.3, 0.4) is 0 Å². The summed E-state index contributed by atoms with van der Waals surface area (Å²) in [6.45, 7) is 1.75. The molecule has 1 unspecified atom stereocenters. The fourth-order valence-corrected chi connectivity index (χ4v) is 5.96. The van der Waals surface area contributed by atoms with Crippen LogP contribution in [0.1, 0.15) is 37.7 Å². The topological polar surface area (TPSA) is 87.1 Å². The molecule has 0 bridgehead atoms. The Labute approximate surface area is 209 Å². The summed E-state index contributed by atoms with van der Waals surface area (Å²) in [5.41, 5.74) is 0.644. The number of hydrogen-bond donors (Lipinski definition) is 0. The van der Waals surface area contributed by atoms with Crippen molar-refractivity contribution < 1.29 is 22.4 Å². The number of amidine groups is 1. The number of carbonyl (C=O) groups excluding carboxylic acids is 2. The minimum atomic E-state index is -3.39. The molecule has 0 radical (unpaired) electrons. The average molecular weight is 510 g/mol. The highest BCUT2D eigenvalue weighted by molar-refractivity contribution is 7.90. The Morgan fingerprint density at radius 2 is 1.86 bits per heavy atom. The maximum Gasteiger partial charge on any atom is 0.256 e. The lowest BCUT2D eigenvalue weighted by Gasteiger charge is -2.24. The smallest absolute Gasteiger partial charge is 0.256 e. The van der Waals surface area contributed by atoms with Gasteiger partial charge in [0.15, 0.2) is 9.84 Å². The van der Waals surface area contributed by atoms with Gasteiger partial charge in [-0.25, -0.2) is 12.8 Å². The number of carbonyl (C=O) groups is 2. The van der Waals surface area contributed by atoms with E-state index in [4.69, 9.17) is 4.99 Å². The number of amides is 2. The standard InChI is InChI=1S/C27H28FN3O4S/c1-36(34,35)21-4-2-3-19(13-21)20-7-8-22(23(28)14-20)24-29-27(10-11-27)26(33)31(24)16-17-9-12-30(15-17)25(32)18-5-6-18/h2-4,7-8,13-14,17-18H,5-6,9-12,15-16H2,1H3. The molecule has 2 amide bonds. The Morgan fingerprint density at radius 3 is 2.53 bits per heavy atom. The Balaban J connectivity index is 1.26. The second-order valence-corrected chi connectivity index (χ2v) is 12.6. The highest BCUT2D eigenvalue weighted by Crippen LogP contribution is 2.46. The molecule has 1 saturated heterocycles. The molecule has 4 aliphatic rings. The van der Waals surface area contributed by atoms with Gasteiger partial charge in [0.1, 0.15) is 17.2 Å². The van der Waals surface area contributed by atoms with Crippen LogP contribution in [0.2, 0.25) is 0 Å². The molecule has 1 atom stereocenters. The van der Waals surface area contributed by atoms with Crippen LogP contribution in [-0.4, -0.2) is 67.3 Å². The van der Waals surface area contributed by atoms with Gasteiger partial charge in [-0.2, -0.15) is 0 Å². The molecule has 188 valence electrons. The molecule has 0 aromatic heterocycles. The number of nitrogens with zero attached hydrogens (tertiary/aromatic N) is 3. The number of benzene rings is 2. The SMILES string of the molecule is CS(=O)(=O)c1cccc(-c2ccc(C3=NC4(CC4)C(=O)N3CC3CCN(C(=O)C4CC4)C3)c(F)c2)c1. The van der Waals surface area contributed by atoms with E-state index in [1.54, 1.807) is 29.2 Å². The third-order valence-electron chi connectivity index (χ3n) is 7.71. The van der Waals surface area contributed by atoms with Gasteiger partial charge in [-0.15, -0.1) is 0 Å². The maximum atomic E-state index is 15.5. The van der Waals surface area contributed by atoms with Crippen molar-refractivity contribution >= 4 is 27.5 Å². The van der Waals surface area contributed by atoms with Gasteiger partial charge < -0.3 is 4.90 Å². The van der Waals surface area contributed by atoms with Gasteiger partial charge >= 0.3 is 0 Å². The van der Waals surface area contributed by atoms with E-state index in [0.717, 1.165) is 25.5 Å². The maximum absolute atomic E-state index is 15.5. The summed E-state index contributed by atoms with van der Waals surface area (Å²) in [5.74, 6) is 0.307. The monoisotopic (exact) mass is 509 g/mol. The summed E-state index contributed by atoms with van der Waals surface area (Å²) in [5, 5.41) is 0. The Hall–Kier alpha value is -3.07. The Kier molecular flexibility index (Phi) is 5.33. The molecule has 2 heterocycles. The van der Waals surface area contributed by atoms with Crippen molar-refractivity contribution in [1.82, 2.24) is 9.80 Å². The Morgan fingerprint density at radius 1 is 1.11 bits per heavy atom. The van der Waals surface area contributed by atoms with Crippen LogP contribution in [0.5, 0.6) is 0 Å². The van der Waals surface area contributed by atoms with Crippen molar-refractivity contribution in [2.45, 2.75) is 42.5 Å². The molecule has 9 heteroatoms. The highest BCUT2D eigenvalue weighted by atomic mass is 32.2. The number of rotatable bonds is 6. The lowest BCUT2D eigenvalue weighted by molar-refractivity contribution is -0.131. The normalized spacial score (nSPS) is 22.9. The molecular weight excluding hydrogens is 481 g/mol. The second kappa shape index (κ2) is 8.23. The van der Waals surface area contributed by atoms with Gasteiger partial charge in [0.2, 0.25) is 5.91 Å². The highest BCUT2D eigenvalue weighted by Gasteiger charge is 2.58. The van der Waals surface area contributed by atoms with Crippen LogP contribution < -0.4 is 0 Å². The number of aliphatic imine (C=N–C) groups is 1. The molecule has 1 spiro atoms.